The Morgan fingerprint density at radius 3 is 2.69 bits per heavy atom. The molecular formula is C24H35N3O8S. The average molecular weight is 526 g/mol. The van der Waals surface area contributed by atoms with Gasteiger partial charge in [0.2, 0.25) is 15.9 Å². The van der Waals surface area contributed by atoms with Gasteiger partial charge in [0.25, 0.3) is 0 Å². The van der Waals surface area contributed by atoms with Crippen molar-refractivity contribution in [2.75, 3.05) is 26.3 Å². The number of benzene rings is 1. The normalized spacial score (nSPS) is 27.5. The number of ether oxygens (including phenoxy) is 3. The molecule has 0 aliphatic carbocycles. The minimum Gasteiger partial charge on any atom is -0.443 e. The van der Waals surface area contributed by atoms with Crippen molar-refractivity contribution in [2.45, 2.75) is 75.0 Å². The third kappa shape index (κ3) is 6.17. The number of carbonyl (C=O) groups excluding carboxylic acids is 2. The molecule has 0 radical (unpaired) electrons. The van der Waals surface area contributed by atoms with Crippen LogP contribution in [0.3, 0.4) is 0 Å². The summed E-state index contributed by atoms with van der Waals surface area (Å²) in [5, 5.41) is 16.5. The lowest BCUT2D eigenvalue weighted by atomic mass is 10.0. The van der Waals surface area contributed by atoms with Crippen molar-refractivity contribution >= 4 is 22.0 Å². The molecule has 2 unspecified atom stereocenters. The molecular weight excluding hydrogens is 490 g/mol. The van der Waals surface area contributed by atoms with Crippen molar-refractivity contribution in [3.63, 3.8) is 0 Å². The second-order valence-corrected chi connectivity index (χ2v) is 11.6. The summed E-state index contributed by atoms with van der Waals surface area (Å²) in [6, 6.07) is 5.36. The molecule has 3 saturated heterocycles. The number of rotatable bonds is 10. The van der Waals surface area contributed by atoms with Crippen molar-refractivity contribution in [3.05, 3.63) is 29.8 Å². The van der Waals surface area contributed by atoms with Gasteiger partial charge in [0, 0.05) is 25.6 Å². The molecule has 0 bridgehead atoms. The second kappa shape index (κ2) is 11.4. The lowest BCUT2D eigenvalue weighted by molar-refractivity contribution is -0.119. The zero-order valence-electron chi connectivity index (χ0n) is 20.6. The van der Waals surface area contributed by atoms with Crippen LogP contribution in [0, 0.1) is 12.8 Å². The van der Waals surface area contributed by atoms with E-state index in [9.17, 15) is 23.1 Å². The van der Waals surface area contributed by atoms with Crippen molar-refractivity contribution in [2.24, 2.45) is 5.92 Å². The van der Waals surface area contributed by atoms with Gasteiger partial charge in [0.15, 0.2) is 6.29 Å². The summed E-state index contributed by atoms with van der Waals surface area (Å²) in [6.07, 6.45) is -0.763. The highest BCUT2D eigenvalue weighted by molar-refractivity contribution is 7.89. The number of fused-ring (bicyclic) bond motifs is 1. The van der Waals surface area contributed by atoms with Crippen molar-refractivity contribution < 1.29 is 37.3 Å². The largest absolute Gasteiger partial charge is 0.443 e. The van der Waals surface area contributed by atoms with Gasteiger partial charge < -0.3 is 30.0 Å². The molecule has 3 fully saturated rings. The van der Waals surface area contributed by atoms with Crippen LogP contribution in [0.5, 0.6) is 0 Å². The predicted molar refractivity (Wildman–Crippen MR) is 128 cm³/mol. The van der Waals surface area contributed by atoms with Crippen LogP contribution in [0.1, 0.15) is 38.2 Å². The van der Waals surface area contributed by atoms with Gasteiger partial charge in [-0.25, -0.2) is 13.2 Å². The fraction of sp³-hybridized carbons (Fsp3) is 0.667. The maximum Gasteiger partial charge on any atom is 0.407 e. The molecule has 1 aromatic carbocycles. The first-order chi connectivity index (χ1) is 17.2. The monoisotopic (exact) mass is 525 g/mol. The first kappa shape index (κ1) is 26.8. The van der Waals surface area contributed by atoms with E-state index in [-0.39, 0.29) is 48.7 Å². The Morgan fingerprint density at radius 2 is 2.03 bits per heavy atom. The minimum absolute atomic E-state index is 0.0162. The van der Waals surface area contributed by atoms with Gasteiger partial charge in [0.1, 0.15) is 6.10 Å². The topological polar surface area (TPSA) is 144 Å². The maximum absolute atomic E-state index is 13.5. The Balaban J connectivity index is 1.43. The first-order valence-corrected chi connectivity index (χ1v) is 13.9. The lowest BCUT2D eigenvalue weighted by Gasteiger charge is -2.30. The summed E-state index contributed by atoms with van der Waals surface area (Å²) in [5.74, 6) is -0.146. The zero-order chi connectivity index (χ0) is 25.9. The van der Waals surface area contributed by atoms with Gasteiger partial charge >= 0.3 is 6.09 Å². The number of amides is 2. The van der Waals surface area contributed by atoms with E-state index in [4.69, 9.17) is 14.2 Å². The molecule has 12 heteroatoms. The Bertz CT molecular complexity index is 1030. The van der Waals surface area contributed by atoms with Gasteiger partial charge in [-0.15, -0.1) is 0 Å². The minimum atomic E-state index is -3.97. The summed E-state index contributed by atoms with van der Waals surface area (Å²) in [4.78, 5) is 24.4. The molecule has 200 valence electrons. The Labute approximate surface area is 211 Å². The molecule has 0 spiro atoms. The van der Waals surface area contributed by atoms with Crippen LogP contribution in [0.4, 0.5) is 4.79 Å². The lowest BCUT2D eigenvalue weighted by Crippen LogP contribution is -2.52. The fourth-order valence-electron chi connectivity index (χ4n) is 4.87. The third-order valence-corrected chi connectivity index (χ3v) is 8.86. The number of alkyl carbamates (subject to hydrolysis) is 1. The molecule has 3 aliphatic rings. The molecule has 4 rings (SSSR count). The van der Waals surface area contributed by atoms with E-state index < -0.39 is 34.4 Å². The predicted octanol–water partition coefficient (Wildman–Crippen LogP) is 0.891. The number of aryl methyl sites for hydroxylation is 1. The first-order valence-electron chi connectivity index (χ1n) is 12.4. The Hall–Kier alpha value is -2.25. The van der Waals surface area contributed by atoms with Crippen molar-refractivity contribution in [1.29, 1.82) is 0 Å². The molecule has 0 saturated carbocycles. The van der Waals surface area contributed by atoms with Crippen LogP contribution >= 0.6 is 0 Å². The number of hydrogen-bond donors (Lipinski definition) is 3. The number of nitrogens with zero attached hydrogens (tertiary/aromatic N) is 1. The molecule has 1 aromatic rings. The number of hydrogen-bond acceptors (Lipinski definition) is 8. The van der Waals surface area contributed by atoms with Gasteiger partial charge in [-0.3, -0.25) is 4.79 Å². The van der Waals surface area contributed by atoms with E-state index in [0.717, 1.165) is 12.0 Å². The Kier molecular flexibility index (Phi) is 8.51. The summed E-state index contributed by atoms with van der Waals surface area (Å²) in [5.41, 5.74) is 0.917. The van der Waals surface area contributed by atoms with Gasteiger partial charge in [-0.1, -0.05) is 24.6 Å². The number of nitrogens with one attached hydrogen (secondary N) is 2. The van der Waals surface area contributed by atoms with Gasteiger partial charge in [-0.05, 0) is 38.3 Å². The molecule has 2 amide bonds. The van der Waals surface area contributed by atoms with Crippen LogP contribution in [0.15, 0.2) is 29.2 Å². The van der Waals surface area contributed by atoms with E-state index in [0.29, 0.717) is 25.9 Å². The number of carbonyl (C=O) groups is 2. The summed E-state index contributed by atoms with van der Waals surface area (Å²) < 4.78 is 44.6. The van der Waals surface area contributed by atoms with E-state index in [2.05, 4.69) is 10.6 Å². The zero-order valence-corrected chi connectivity index (χ0v) is 21.4. The van der Waals surface area contributed by atoms with Gasteiger partial charge in [0.05, 0.1) is 36.2 Å². The molecule has 36 heavy (non-hydrogen) atoms. The highest BCUT2D eigenvalue weighted by Gasteiger charge is 2.44. The Morgan fingerprint density at radius 1 is 1.28 bits per heavy atom. The molecule has 6 atom stereocenters. The average Bonchev–Trinajstić information content (AvgIpc) is 3.56. The quantitative estimate of drug-likeness (QED) is 0.409. The van der Waals surface area contributed by atoms with Crippen LogP contribution in [-0.2, 0) is 29.0 Å². The van der Waals surface area contributed by atoms with Crippen LogP contribution in [-0.4, -0.2) is 86.7 Å². The number of aliphatic hydroxyl groups excluding tert-OH is 1. The van der Waals surface area contributed by atoms with Crippen LogP contribution < -0.4 is 10.6 Å². The van der Waals surface area contributed by atoms with Crippen molar-refractivity contribution in [3.8, 4) is 0 Å². The highest BCUT2D eigenvalue weighted by Crippen LogP contribution is 2.33. The summed E-state index contributed by atoms with van der Waals surface area (Å²) in [7, 11) is -3.97. The van der Waals surface area contributed by atoms with E-state index >= 15 is 0 Å². The van der Waals surface area contributed by atoms with Crippen LogP contribution in [0.25, 0.3) is 0 Å². The second-order valence-electron chi connectivity index (χ2n) is 9.63. The van der Waals surface area contributed by atoms with E-state index in [1.165, 1.54) is 16.4 Å². The fourth-order valence-corrected chi connectivity index (χ4v) is 6.37. The summed E-state index contributed by atoms with van der Waals surface area (Å²) >= 11 is 0. The van der Waals surface area contributed by atoms with Gasteiger partial charge in [-0.2, -0.15) is 4.31 Å². The standard InChI is InChI=1S/C24H35N3O8S/c1-3-19(26-24(30)35-21-14-34-23-18(21)10-11-33-23)20(28)13-27(12-16-6-9-22(29)25-16)36(31,32)17-7-4-15(2)5-8-17/h4-5,7-8,16,18-21,23,28H,3,6,9-14H2,1-2H3,(H,25,29)(H,26,30)/t16?,18-,19-,20+,21?,23+/m0/s1. The molecule has 11 nitrogen and oxygen atoms in total. The van der Waals surface area contributed by atoms with Crippen LogP contribution in [0.2, 0.25) is 0 Å². The van der Waals surface area contributed by atoms with Crippen molar-refractivity contribution in [1.82, 2.24) is 14.9 Å². The molecule has 3 N–H and O–H groups in total. The summed E-state index contributed by atoms with van der Waals surface area (Å²) in [6.45, 7) is 4.20. The van der Waals surface area contributed by atoms with E-state index in [1.807, 2.05) is 6.92 Å². The molecule has 3 aliphatic heterocycles. The number of aliphatic hydroxyl groups is 1. The SMILES string of the molecule is CC[C@H](NC(=O)OC1CO[C@H]2OCC[C@@H]12)[C@H](O)CN(CC1CCC(=O)N1)S(=O)(=O)c1ccc(C)cc1. The number of sulfonamides is 1. The van der Waals surface area contributed by atoms with E-state index in [1.54, 1.807) is 19.1 Å². The maximum atomic E-state index is 13.5. The smallest absolute Gasteiger partial charge is 0.407 e. The molecule has 3 heterocycles. The molecule has 0 aromatic heterocycles. The highest BCUT2D eigenvalue weighted by atomic mass is 32.2. The third-order valence-electron chi connectivity index (χ3n) is 7.01.